The highest BCUT2D eigenvalue weighted by Gasteiger charge is 2.52. The van der Waals surface area contributed by atoms with Crippen LogP contribution in [0.4, 0.5) is 0 Å². The van der Waals surface area contributed by atoms with Crippen LogP contribution in [0.15, 0.2) is 40.7 Å². The number of amides is 1. The second-order valence-electron chi connectivity index (χ2n) is 4.58. The smallest absolute Gasteiger partial charge is 0.352 e. The number of carbonyl (C=O) groups is 2. The number of pyridine rings is 1. The fraction of sp³-hybridized carbons (Fsp3) is 0.308. The molecule has 3 rings (SSSR count). The van der Waals surface area contributed by atoms with Crippen LogP contribution < -0.4 is 0 Å². The Kier molecular flexibility index (Phi) is 3.92. The Bertz CT molecular complexity index is 620. The molecule has 0 unspecified atom stereocenters. The third-order valence-electron chi connectivity index (χ3n) is 3.28. The van der Waals surface area contributed by atoms with Crippen LogP contribution in [0.1, 0.15) is 0 Å². The lowest BCUT2D eigenvalue weighted by Crippen LogP contribution is -2.64. The molecule has 0 aliphatic carbocycles. The van der Waals surface area contributed by atoms with Crippen molar-refractivity contribution in [1.82, 2.24) is 9.88 Å². The minimum absolute atomic E-state index is 0.0237. The summed E-state index contributed by atoms with van der Waals surface area (Å²) in [6, 6.07) is 3.70. The van der Waals surface area contributed by atoms with Crippen molar-refractivity contribution in [3.63, 3.8) is 0 Å². The average molecular weight is 324 g/mol. The van der Waals surface area contributed by atoms with E-state index in [0.29, 0.717) is 17.1 Å². The molecule has 6 nitrogen and oxygen atoms in total. The number of nitrogens with zero attached hydrogens (tertiary/aromatic N) is 2. The highest BCUT2D eigenvalue weighted by atomic mass is 32.2. The molecule has 0 saturated carbocycles. The van der Waals surface area contributed by atoms with Gasteiger partial charge in [-0.2, -0.15) is 0 Å². The predicted molar refractivity (Wildman–Crippen MR) is 78.7 cm³/mol. The standard InChI is InChI=1S/C13H12N2O4S2/c16-10-11(17)15-9(13(18)19)7(6-21-12(10)15)5-20-8-1-3-14-4-2-8/h1-4,10,12,16H,5-6H2,(H,18,19)/t10-,12+/m1/s1. The Labute approximate surface area is 129 Å². The highest BCUT2D eigenvalue weighted by Crippen LogP contribution is 2.41. The van der Waals surface area contributed by atoms with E-state index in [9.17, 15) is 19.8 Å². The predicted octanol–water partition coefficient (Wildman–Crippen LogP) is 0.788. The Morgan fingerprint density at radius 2 is 2.19 bits per heavy atom. The first-order valence-corrected chi connectivity index (χ1v) is 8.24. The van der Waals surface area contributed by atoms with Gasteiger partial charge in [-0.1, -0.05) is 0 Å². The van der Waals surface area contributed by atoms with E-state index < -0.39 is 23.4 Å². The summed E-state index contributed by atoms with van der Waals surface area (Å²) in [6.45, 7) is 0. The number of aliphatic carboxylic acids is 1. The molecule has 0 radical (unpaired) electrons. The monoisotopic (exact) mass is 324 g/mol. The molecule has 0 spiro atoms. The van der Waals surface area contributed by atoms with Crippen LogP contribution >= 0.6 is 23.5 Å². The normalized spacial score (nSPS) is 24.6. The molecule has 3 heterocycles. The Morgan fingerprint density at radius 1 is 1.48 bits per heavy atom. The highest BCUT2D eigenvalue weighted by molar-refractivity contribution is 8.01. The van der Waals surface area contributed by atoms with Gasteiger partial charge in [-0.15, -0.1) is 23.5 Å². The Morgan fingerprint density at radius 3 is 2.86 bits per heavy atom. The number of aliphatic hydroxyl groups is 1. The van der Waals surface area contributed by atoms with Gasteiger partial charge >= 0.3 is 5.97 Å². The van der Waals surface area contributed by atoms with E-state index in [1.165, 1.54) is 28.4 Å². The molecule has 1 aromatic rings. The summed E-state index contributed by atoms with van der Waals surface area (Å²) < 4.78 is 0. The van der Waals surface area contributed by atoms with E-state index in [0.717, 1.165) is 4.90 Å². The minimum atomic E-state index is -1.12. The summed E-state index contributed by atoms with van der Waals surface area (Å²) in [4.78, 5) is 29.3. The second-order valence-corrected chi connectivity index (χ2v) is 6.74. The number of aliphatic hydroxyl groups excluding tert-OH is 1. The lowest BCUT2D eigenvalue weighted by molar-refractivity contribution is -0.159. The summed E-state index contributed by atoms with van der Waals surface area (Å²) in [6.07, 6.45) is 2.27. The number of aromatic nitrogens is 1. The molecule has 110 valence electrons. The minimum Gasteiger partial charge on any atom is -0.477 e. The molecule has 1 aromatic heterocycles. The first kappa shape index (κ1) is 14.4. The van der Waals surface area contributed by atoms with Gasteiger partial charge in [-0.25, -0.2) is 4.79 Å². The number of hydrogen-bond donors (Lipinski definition) is 2. The summed E-state index contributed by atoms with van der Waals surface area (Å²) >= 11 is 2.90. The first-order chi connectivity index (χ1) is 10.1. The molecule has 2 aliphatic heterocycles. The van der Waals surface area contributed by atoms with Crippen LogP contribution in [-0.4, -0.2) is 55.0 Å². The molecule has 1 saturated heterocycles. The van der Waals surface area contributed by atoms with Gasteiger partial charge in [0, 0.05) is 28.8 Å². The zero-order valence-corrected chi connectivity index (χ0v) is 12.4. The third-order valence-corrected chi connectivity index (χ3v) is 5.71. The van der Waals surface area contributed by atoms with Gasteiger partial charge in [0.05, 0.1) is 0 Å². The summed E-state index contributed by atoms with van der Waals surface area (Å²) in [7, 11) is 0. The number of carboxylic acids is 1. The van der Waals surface area contributed by atoms with E-state index in [2.05, 4.69) is 4.98 Å². The maximum Gasteiger partial charge on any atom is 0.352 e. The average Bonchev–Trinajstić information content (AvgIpc) is 2.52. The third kappa shape index (κ3) is 2.54. The Balaban J connectivity index is 1.81. The van der Waals surface area contributed by atoms with Crippen molar-refractivity contribution in [3.8, 4) is 0 Å². The van der Waals surface area contributed by atoms with Gasteiger partial charge < -0.3 is 10.2 Å². The van der Waals surface area contributed by atoms with E-state index in [1.54, 1.807) is 12.4 Å². The first-order valence-electron chi connectivity index (χ1n) is 6.20. The van der Waals surface area contributed by atoms with Crippen molar-refractivity contribution in [2.45, 2.75) is 16.4 Å². The summed E-state index contributed by atoms with van der Waals surface area (Å²) in [5.41, 5.74) is 0.724. The molecule has 1 fully saturated rings. The zero-order valence-electron chi connectivity index (χ0n) is 10.8. The molecule has 1 amide bonds. The number of carboxylic acid groups (broad SMARTS) is 1. The molecule has 2 aliphatic rings. The van der Waals surface area contributed by atoms with Crippen molar-refractivity contribution in [3.05, 3.63) is 35.8 Å². The van der Waals surface area contributed by atoms with Gasteiger partial charge in [0.2, 0.25) is 0 Å². The van der Waals surface area contributed by atoms with Crippen molar-refractivity contribution in [2.24, 2.45) is 0 Å². The number of carbonyl (C=O) groups excluding carboxylic acids is 1. The maximum atomic E-state index is 11.7. The SMILES string of the molecule is O=C(O)C1=C(CSc2ccncc2)CS[C@H]2[C@H](O)C(=O)N12. The largest absolute Gasteiger partial charge is 0.477 e. The van der Waals surface area contributed by atoms with Crippen molar-refractivity contribution >= 4 is 35.4 Å². The second kappa shape index (κ2) is 5.70. The van der Waals surface area contributed by atoms with E-state index >= 15 is 0 Å². The molecule has 8 heteroatoms. The molecule has 0 aromatic carbocycles. The topological polar surface area (TPSA) is 90.7 Å². The van der Waals surface area contributed by atoms with Gasteiger partial charge in [0.1, 0.15) is 11.1 Å². The van der Waals surface area contributed by atoms with Crippen molar-refractivity contribution in [2.75, 3.05) is 11.5 Å². The van der Waals surface area contributed by atoms with E-state index in [4.69, 9.17) is 0 Å². The number of β-lactam (4-membered cyclic amide) rings is 1. The lowest BCUT2D eigenvalue weighted by atomic mass is 10.1. The van der Waals surface area contributed by atoms with Crippen LogP contribution in [0.2, 0.25) is 0 Å². The van der Waals surface area contributed by atoms with E-state index in [-0.39, 0.29) is 5.70 Å². The van der Waals surface area contributed by atoms with Crippen molar-refractivity contribution < 1.29 is 19.8 Å². The van der Waals surface area contributed by atoms with Crippen LogP contribution in [0.5, 0.6) is 0 Å². The summed E-state index contributed by atoms with van der Waals surface area (Å²) in [5.74, 6) is -0.655. The molecule has 2 atom stereocenters. The summed E-state index contributed by atoms with van der Waals surface area (Å²) in [5, 5.41) is 18.5. The number of fused-ring (bicyclic) bond motifs is 1. The molecule has 21 heavy (non-hydrogen) atoms. The van der Waals surface area contributed by atoms with Crippen LogP contribution in [-0.2, 0) is 9.59 Å². The number of hydrogen-bond acceptors (Lipinski definition) is 6. The maximum absolute atomic E-state index is 11.7. The Hall–Kier alpha value is -1.51. The van der Waals surface area contributed by atoms with Crippen molar-refractivity contribution in [1.29, 1.82) is 0 Å². The molecule has 2 N–H and O–H groups in total. The fourth-order valence-corrected chi connectivity index (χ4v) is 4.54. The van der Waals surface area contributed by atoms with Gasteiger partial charge in [0.15, 0.2) is 6.10 Å². The van der Waals surface area contributed by atoms with Crippen LogP contribution in [0.25, 0.3) is 0 Å². The van der Waals surface area contributed by atoms with E-state index in [1.807, 2.05) is 12.1 Å². The van der Waals surface area contributed by atoms with Gasteiger partial charge in [-0.05, 0) is 17.7 Å². The van der Waals surface area contributed by atoms with Crippen LogP contribution in [0.3, 0.4) is 0 Å². The van der Waals surface area contributed by atoms with Gasteiger partial charge in [0.25, 0.3) is 5.91 Å². The molecular weight excluding hydrogens is 312 g/mol. The fourth-order valence-electron chi connectivity index (χ4n) is 2.25. The number of thioether (sulfide) groups is 2. The molecular formula is C13H12N2O4S2. The lowest BCUT2D eigenvalue weighted by Gasteiger charge is -2.47. The zero-order chi connectivity index (χ0) is 15.0. The molecule has 0 bridgehead atoms. The quantitative estimate of drug-likeness (QED) is 0.625. The van der Waals surface area contributed by atoms with Gasteiger partial charge in [-0.3, -0.25) is 14.7 Å². The van der Waals surface area contributed by atoms with Crippen LogP contribution in [0, 0.1) is 0 Å². The number of rotatable bonds is 4.